The number of rotatable bonds is 3. The first-order valence-corrected chi connectivity index (χ1v) is 4.89. The Morgan fingerprint density at radius 2 is 2.54 bits per heavy atom. The first kappa shape index (κ1) is 10.1. The van der Waals surface area contributed by atoms with Crippen molar-refractivity contribution in [1.82, 2.24) is 4.98 Å². The van der Waals surface area contributed by atoms with Crippen molar-refractivity contribution in [2.75, 3.05) is 12.4 Å². The lowest BCUT2D eigenvalue weighted by Crippen LogP contribution is -2.00. The second-order valence-electron chi connectivity index (χ2n) is 2.39. The van der Waals surface area contributed by atoms with Gasteiger partial charge >= 0.3 is 5.97 Å². The van der Waals surface area contributed by atoms with Gasteiger partial charge in [0.15, 0.2) is 0 Å². The molecule has 0 unspecified atom stereocenters. The van der Waals surface area contributed by atoms with Crippen molar-refractivity contribution in [2.24, 2.45) is 0 Å². The third-order valence-corrected chi connectivity index (χ3v) is 1.88. The molecule has 3 nitrogen and oxygen atoms in total. The lowest BCUT2D eigenvalue weighted by atomic mass is 10.3. The minimum Gasteiger partial charge on any atom is -0.464 e. The molecular formula is C9H10BrNO2. The average Bonchev–Trinajstić information content (AvgIpc) is 2.62. The number of carbonyl (C=O) groups is 1. The molecule has 0 aromatic carbocycles. The smallest absolute Gasteiger partial charge is 0.354 e. The number of halogens is 1. The predicted molar refractivity (Wildman–Crippen MR) is 55.0 cm³/mol. The molecule has 4 heteroatoms. The van der Waals surface area contributed by atoms with Crippen molar-refractivity contribution in [1.29, 1.82) is 0 Å². The summed E-state index contributed by atoms with van der Waals surface area (Å²) in [5, 5.41) is 0.797. The number of aromatic amines is 1. The summed E-state index contributed by atoms with van der Waals surface area (Å²) in [4.78, 5) is 13.8. The molecule has 0 aliphatic rings. The van der Waals surface area contributed by atoms with Crippen LogP contribution in [0.5, 0.6) is 0 Å². The molecule has 0 radical (unpaired) electrons. The van der Waals surface area contributed by atoms with Gasteiger partial charge in [0.05, 0.1) is 7.11 Å². The van der Waals surface area contributed by atoms with Crippen LogP contribution in [0.25, 0.3) is 6.08 Å². The van der Waals surface area contributed by atoms with Crippen molar-refractivity contribution in [3.8, 4) is 0 Å². The van der Waals surface area contributed by atoms with Crippen LogP contribution >= 0.6 is 15.9 Å². The zero-order valence-corrected chi connectivity index (χ0v) is 8.80. The van der Waals surface area contributed by atoms with E-state index in [4.69, 9.17) is 0 Å². The molecule has 1 aromatic rings. The number of carbonyl (C=O) groups excluding carboxylic acids is 1. The maximum absolute atomic E-state index is 11.0. The van der Waals surface area contributed by atoms with Gasteiger partial charge in [0, 0.05) is 11.5 Å². The van der Waals surface area contributed by atoms with Gasteiger partial charge in [-0.2, -0.15) is 0 Å². The Balaban J connectivity index is 2.74. The van der Waals surface area contributed by atoms with Gasteiger partial charge in [0.1, 0.15) is 5.69 Å². The molecule has 0 spiro atoms. The van der Waals surface area contributed by atoms with Crippen LogP contribution < -0.4 is 0 Å². The van der Waals surface area contributed by atoms with E-state index in [-0.39, 0.29) is 5.97 Å². The van der Waals surface area contributed by atoms with Crippen LogP contribution in [0, 0.1) is 0 Å². The molecule has 0 fully saturated rings. The first-order valence-electron chi connectivity index (χ1n) is 3.77. The monoisotopic (exact) mass is 243 g/mol. The zero-order chi connectivity index (χ0) is 9.68. The Hall–Kier alpha value is -1.03. The quantitative estimate of drug-likeness (QED) is 0.654. The molecule has 1 rings (SSSR count). The van der Waals surface area contributed by atoms with Crippen molar-refractivity contribution in [3.05, 3.63) is 29.6 Å². The summed E-state index contributed by atoms with van der Waals surface area (Å²) >= 11 is 3.27. The number of methoxy groups -OCH3 is 1. The second-order valence-corrected chi connectivity index (χ2v) is 3.04. The van der Waals surface area contributed by atoms with E-state index in [1.165, 1.54) is 7.11 Å². The molecule has 0 saturated heterocycles. The number of aromatic nitrogens is 1. The van der Waals surface area contributed by atoms with Gasteiger partial charge in [0.25, 0.3) is 0 Å². The zero-order valence-electron chi connectivity index (χ0n) is 7.21. The molecule has 1 heterocycles. The summed E-state index contributed by atoms with van der Waals surface area (Å²) in [6.45, 7) is 0. The molecule has 0 bridgehead atoms. The molecule has 1 aromatic heterocycles. The average molecular weight is 244 g/mol. The number of hydrogen-bond donors (Lipinski definition) is 1. The molecule has 0 amide bonds. The summed E-state index contributed by atoms with van der Waals surface area (Å²) in [7, 11) is 1.36. The van der Waals surface area contributed by atoms with Gasteiger partial charge in [-0.05, 0) is 11.6 Å². The third kappa shape index (κ3) is 2.73. The van der Waals surface area contributed by atoms with Crippen LogP contribution in [0.2, 0.25) is 0 Å². The minimum absolute atomic E-state index is 0.349. The Morgan fingerprint density at radius 3 is 3.15 bits per heavy atom. The largest absolute Gasteiger partial charge is 0.464 e. The fraction of sp³-hybridized carbons (Fsp3) is 0.222. The molecular weight excluding hydrogens is 234 g/mol. The Morgan fingerprint density at radius 1 is 1.77 bits per heavy atom. The maximum atomic E-state index is 11.0. The van der Waals surface area contributed by atoms with E-state index in [1.54, 1.807) is 12.3 Å². The number of H-pyrrole nitrogens is 1. The molecule has 13 heavy (non-hydrogen) atoms. The molecule has 0 aliphatic heterocycles. The SMILES string of the molecule is COC(=O)c1cc(C=CCBr)c[nH]1. The second kappa shape index (κ2) is 4.87. The van der Waals surface area contributed by atoms with Crippen LogP contribution in [0.4, 0.5) is 0 Å². The molecule has 0 aliphatic carbocycles. The molecule has 0 saturated carbocycles. The van der Waals surface area contributed by atoms with E-state index in [1.807, 2.05) is 12.2 Å². The van der Waals surface area contributed by atoms with E-state index < -0.39 is 0 Å². The van der Waals surface area contributed by atoms with Crippen molar-refractivity contribution in [2.45, 2.75) is 0 Å². The van der Waals surface area contributed by atoms with E-state index in [9.17, 15) is 4.79 Å². The Labute approximate surface area is 84.9 Å². The summed E-state index contributed by atoms with van der Waals surface area (Å²) in [6, 6.07) is 1.74. The van der Waals surface area contributed by atoms with Crippen LogP contribution in [0.1, 0.15) is 16.1 Å². The molecule has 1 N–H and O–H groups in total. The summed E-state index contributed by atoms with van der Waals surface area (Å²) in [5.41, 5.74) is 1.43. The highest BCUT2D eigenvalue weighted by molar-refractivity contribution is 9.09. The number of nitrogens with one attached hydrogen (secondary N) is 1. The van der Waals surface area contributed by atoms with Gasteiger partial charge in [-0.25, -0.2) is 4.79 Å². The standard InChI is InChI=1S/C9H10BrNO2/c1-13-9(12)8-5-7(6-11-8)3-2-4-10/h2-3,5-6,11H,4H2,1H3. The molecule has 70 valence electrons. The maximum Gasteiger partial charge on any atom is 0.354 e. The van der Waals surface area contributed by atoms with E-state index in [0.717, 1.165) is 10.9 Å². The predicted octanol–water partition coefficient (Wildman–Crippen LogP) is 2.21. The fourth-order valence-electron chi connectivity index (χ4n) is 0.916. The van der Waals surface area contributed by atoms with Crippen LogP contribution in [0.15, 0.2) is 18.3 Å². The van der Waals surface area contributed by atoms with Crippen molar-refractivity contribution in [3.63, 3.8) is 0 Å². The van der Waals surface area contributed by atoms with E-state index >= 15 is 0 Å². The van der Waals surface area contributed by atoms with Gasteiger partial charge in [-0.15, -0.1) is 0 Å². The summed E-state index contributed by atoms with van der Waals surface area (Å²) in [5.74, 6) is -0.349. The first-order chi connectivity index (χ1) is 6.27. The highest BCUT2D eigenvalue weighted by atomic mass is 79.9. The minimum atomic E-state index is -0.349. The number of alkyl halides is 1. The van der Waals surface area contributed by atoms with Crippen molar-refractivity contribution >= 4 is 28.0 Å². The highest BCUT2D eigenvalue weighted by Crippen LogP contribution is 2.06. The van der Waals surface area contributed by atoms with Crippen LogP contribution in [0.3, 0.4) is 0 Å². The third-order valence-electron chi connectivity index (χ3n) is 1.51. The fourth-order valence-corrected chi connectivity index (χ4v) is 1.10. The van der Waals surface area contributed by atoms with Gasteiger partial charge in [0.2, 0.25) is 0 Å². The van der Waals surface area contributed by atoms with E-state index in [2.05, 4.69) is 25.7 Å². The van der Waals surface area contributed by atoms with Crippen LogP contribution in [-0.2, 0) is 4.74 Å². The van der Waals surface area contributed by atoms with Gasteiger partial charge in [-0.3, -0.25) is 0 Å². The lowest BCUT2D eigenvalue weighted by molar-refractivity contribution is 0.0595. The topological polar surface area (TPSA) is 42.1 Å². The van der Waals surface area contributed by atoms with Gasteiger partial charge < -0.3 is 9.72 Å². The molecule has 0 atom stereocenters. The Kier molecular flexibility index (Phi) is 3.76. The summed E-state index contributed by atoms with van der Waals surface area (Å²) in [6.07, 6.45) is 5.62. The van der Waals surface area contributed by atoms with E-state index in [0.29, 0.717) is 5.69 Å². The highest BCUT2D eigenvalue weighted by Gasteiger charge is 2.05. The normalized spacial score (nSPS) is 10.6. The van der Waals surface area contributed by atoms with Gasteiger partial charge in [-0.1, -0.05) is 28.1 Å². The number of esters is 1. The van der Waals surface area contributed by atoms with Crippen LogP contribution in [-0.4, -0.2) is 23.4 Å². The number of hydrogen-bond acceptors (Lipinski definition) is 2. The summed E-state index contributed by atoms with van der Waals surface area (Å²) < 4.78 is 4.55. The number of ether oxygens (including phenoxy) is 1. The number of allylic oxidation sites excluding steroid dienone is 1. The lowest BCUT2D eigenvalue weighted by Gasteiger charge is -1.91. The Bertz CT molecular complexity index is 317. The van der Waals surface area contributed by atoms with Crippen molar-refractivity contribution < 1.29 is 9.53 Å².